The van der Waals surface area contributed by atoms with Gasteiger partial charge in [0.25, 0.3) is 5.91 Å². The van der Waals surface area contributed by atoms with Crippen LogP contribution in [0, 0.1) is 11.2 Å². The van der Waals surface area contributed by atoms with Gasteiger partial charge in [0.15, 0.2) is 0 Å². The molecule has 0 saturated carbocycles. The third-order valence-electron chi connectivity index (χ3n) is 3.06. The summed E-state index contributed by atoms with van der Waals surface area (Å²) in [6, 6.07) is 8.86. The van der Waals surface area contributed by atoms with Crippen molar-refractivity contribution < 1.29 is 14.0 Å². The van der Waals surface area contributed by atoms with Crippen molar-refractivity contribution in [1.82, 2.24) is 4.98 Å². The Hall–Kier alpha value is -2.76. The van der Waals surface area contributed by atoms with Gasteiger partial charge in [0.2, 0.25) is 5.91 Å². The average molecular weight is 315 g/mol. The molecule has 0 spiro atoms. The molecule has 1 heterocycles. The van der Waals surface area contributed by atoms with Crippen molar-refractivity contribution in [2.75, 3.05) is 10.6 Å². The predicted octanol–water partition coefficient (Wildman–Crippen LogP) is 3.46. The van der Waals surface area contributed by atoms with Crippen molar-refractivity contribution in [3.63, 3.8) is 0 Å². The largest absolute Gasteiger partial charge is 0.324 e. The first-order valence-corrected chi connectivity index (χ1v) is 7.11. The SMILES string of the molecule is CC(C)(C)C(=O)Nc1ccc(NC(=O)c2ccccc2F)nc1. The van der Waals surface area contributed by atoms with Crippen LogP contribution in [-0.2, 0) is 4.79 Å². The zero-order chi connectivity index (χ0) is 17.0. The van der Waals surface area contributed by atoms with E-state index in [1.807, 2.05) is 0 Å². The monoisotopic (exact) mass is 315 g/mol. The van der Waals surface area contributed by atoms with Crippen LogP contribution in [-0.4, -0.2) is 16.8 Å². The number of carbonyl (C=O) groups is 2. The highest BCUT2D eigenvalue weighted by atomic mass is 19.1. The average Bonchev–Trinajstić information content (AvgIpc) is 2.48. The van der Waals surface area contributed by atoms with Crippen LogP contribution >= 0.6 is 0 Å². The number of pyridine rings is 1. The predicted molar refractivity (Wildman–Crippen MR) is 86.7 cm³/mol. The van der Waals surface area contributed by atoms with E-state index in [1.165, 1.54) is 30.5 Å². The van der Waals surface area contributed by atoms with E-state index in [4.69, 9.17) is 0 Å². The summed E-state index contributed by atoms with van der Waals surface area (Å²) in [6.45, 7) is 5.41. The minimum atomic E-state index is -0.598. The maximum atomic E-state index is 13.5. The lowest BCUT2D eigenvalue weighted by Gasteiger charge is -2.17. The van der Waals surface area contributed by atoms with Crippen LogP contribution in [0.15, 0.2) is 42.6 Å². The van der Waals surface area contributed by atoms with Crippen LogP contribution in [0.5, 0.6) is 0 Å². The summed E-state index contributed by atoms with van der Waals surface area (Å²) in [5.74, 6) is -1.05. The lowest BCUT2D eigenvalue weighted by molar-refractivity contribution is -0.123. The molecule has 0 saturated heterocycles. The van der Waals surface area contributed by atoms with Gasteiger partial charge < -0.3 is 10.6 Å². The smallest absolute Gasteiger partial charge is 0.259 e. The van der Waals surface area contributed by atoms with Crippen LogP contribution in [0.25, 0.3) is 0 Å². The van der Waals surface area contributed by atoms with Gasteiger partial charge >= 0.3 is 0 Å². The zero-order valence-corrected chi connectivity index (χ0v) is 13.2. The quantitative estimate of drug-likeness (QED) is 0.911. The molecular weight excluding hydrogens is 297 g/mol. The molecule has 23 heavy (non-hydrogen) atoms. The highest BCUT2D eigenvalue weighted by Crippen LogP contribution is 2.18. The molecule has 6 heteroatoms. The summed E-state index contributed by atoms with van der Waals surface area (Å²) in [7, 11) is 0. The van der Waals surface area contributed by atoms with E-state index in [2.05, 4.69) is 15.6 Å². The summed E-state index contributed by atoms with van der Waals surface area (Å²) < 4.78 is 13.5. The van der Waals surface area contributed by atoms with Gasteiger partial charge in [0.05, 0.1) is 17.4 Å². The van der Waals surface area contributed by atoms with E-state index in [-0.39, 0.29) is 17.3 Å². The summed E-state index contributed by atoms with van der Waals surface area (Å²) in [5, 5.41) is 5.24. The molecule has 0 bridgehead atoms. The third kappa shape index (κ3) is 4.35. The summed E-state index contributed by atoms with van der Waals surface area (Å²) in [6.07, 6.45) is 1.43. The zero-order valence-electron chi connectivity index (χ0n) is 13.2. The van der Waals surface area contributed by atoms with Gasteiger partial charge in [0.1, 0.15) is 11.6 Å². The van der Waals surface area contributed by atoms with Crippen LogP contribution in [0.2, 0.25) is 0 Å². The number of aromatic nitrogens is 1. The first kappa shape index (κ1) is 16.6. The lowest BCUT2D eigenvalue weighted by Crippen LogP contribution is -2.27. The molecule has 2 N–H and O–H groups in total. The highest BCUT2D eigenvalue weighted by Gasteiger charge is 2.21. The van der Waals surface area contributed by atoms with Crippen LogP contribution < -0.4 is 10.6 Å². The number of amides is 2. The van der Waals surface area contributed by atoms with Gasteiger partial charge in [-0.1, -0.05) is 32.9 Å². The Bertz CT molecular complexity index is 721. The van der Waals surface area contributed by atoms with Crippen molar-refractivity contribution in [1.29, 1.82) is 0 Å². The van der Waals surface area contributed by atoms with E-state index >= 15 is 0 Å². The van der Waals surface area contributed by atoms with E-state index in [0.717, 1.165) is 0 Å². The van der Waals surface area contributed by atoms with Crippen molar-refractivity contribution in [2.45, 2.75) is 20.8 Å². The van der Waals surface area contributed by atoms with Crippen molar-refractivity contribution in [2.24, 2.45) is 5.41 Å². The fourth-order valence-electron chi connectivity index (χ4n) is 1.69. The molecule has 2 amide bonds. The number of carbonyl (C=O) groups excluding carboxylic acids is 2. The first-order chi connectivity index (χ1) is 10.8. The molecule has 1 aromatic carbocycles. The number of rotatable bonds is 3. The third-order valence-corrected chi connectivity index (χ3v) is 3.06. The Labute approximate surface area is 133 Å². The number of hydrogen-bond donors (Lipinski definition) is 2. The molecule has 0 aliphatic rings. The Kier molecular flexibility index (Phi) is 4.74. The number of nitrogens with zero attached hydrogens (tertiary/aromatic N) is 1. The number of benzene rings is 1. The fourth-order valence-corrected chi connectivity index (χ4v) is 1.69. The van der Waals surface area contributed by atoms with E-state index in [0.29, 0.717) is 5.69 Å². The van der Waals surface area contributed by atoms with E-state index in [9.17, 15) is 14.0 Å². The molecular formula is C17H18FN3O2. The molecule has 0 aliphatic heterocycles. The van der Waals surface area contributed by atoms with Gasteiger partial charge in [-0.2, -0.15) is 0 Å². The maximum Gasteiger partial charge on any atom is 0.259 e. The Morgan fingerprint density at radius 2 is 1.74 bits per heavy atom. The summed E-state index contributed by atoms with van der Waals surface area (Å²) in [4.78, 5) is 27.9. The van der Waals surface area contributed by atoms with Gasteiger partial charge in [-0.3, -0.25) is 9.59 Å². The molecule has 0 fully saturated rings. The van der Waals surface area contributed by atoms with E-state index < -0.39 is 17.1 Å². The Balaban J connectivity index is 2.05. The Morgan fingerprint density at radius 3 is 2.30 bits per heavy atom. The van der Waals surface area contributed by atoms with Gasteiger partial charge in [-0.15, -0.1) is 0 Å². The molecule has 5 nitrogen and oxygen atoms in total. The maximum absolute atomic E-state index is 13.5. The topological polar surface area (TPSA) is 71.1 Å². The van der Waals surface area contributed by atoms with E-state index in [1.54, 1.807) is 32.9 Å². The minimum absolute atomic E-state index is 0.0561. The number of hydrogen-bond acceptors (Lipinski definition) is 3. The van der Waals surface area contributed by atoms with Crippen LogP contribution in [0.4, 0.5) is 15.9 Å². The molecule has 2 rings (SSSR count). The van der Waals surface area contributed by atoms with Gasteiger partial charge in [-0.05, 0) is 24.3 Å². The first-order valence-electron chi connectivity index (χ1n) is 7.11. The molecule has 2 aromatic rings. The van der Waals surface area contributed by atoms with Crippen molar-refractivity contribution in [3.8, 4) is 0 Å². The highest BCUT2D eigenvalue weighted by molar-refractivity contribution is 6.04. The van der Waals surface area contributed by atoms with Gasteiger partial charge in [-0.25, -0.2) is 9.37 Å². The van der Waals surface area contributed by atoms with Crippen molar-refractivity contribution in [3.05, 3.63) is 54.0 Å². The van der Waals surface area contributed by atoms with Crippen LogP contribution in [0.3, 0.4) is 0 Å². The second-order valence-corrected chi connectivity index (χ2v) is 6.07. The fraction of sp³-hybridized carbons (Fsp3) is 0.235. The minimum Gasteiger partial charge on any atom is -0.324 e. The van der Waals surface area contributed by atoms with Crippen molar-refractivity contribution >= 4 is 23.3 Å². The molecule has 1 aromatic heterocycles. The summed E-state index contributed by atoms with van der Waals surface area (Å²) >= 11 is 0. The van der Waals surface area contributed by atoms with Crippen LogP contribution in [0.1, 0.15) is 31.1 Å². The number of anilines is 2. The molecule has 0 aliphatic carbocycles. The number of nitrogens with one attached hydrogen (secondary N) is 2. The lowest BCUT2D eigenvalue weighted by atomic mass is 9.96. The van der Waals surface area contributed by atoms with Gasteiger partial charge in [0, 0.05) is 5.41 Å². The molecule has 0 radical (unpaired) electrons. The summed E-state index contributed by atoms with van der Waals surface area (Å²) in [5.41, 5.74) is -0.0502. The molecule has 120 valence electrons. The molecule has 0 unspecified atom stereocenters. The number of halogens is 1. The normalized spacial score (nSPS) is 11.0. The second-order valence-electron chi connectivity index (χ2n) is 6.07. The molecule has 0 atom stereocenters. The standard InChI is InChI=1S/C17H18FN3O2/c1-17(2,3)16(23)20-11-8-9-14(19-10-11)21-15(22)12-6-4-5-7-13(12)18/h4-10H,1-3H3,(H,20,23)(H,19,21,22). The second kappa shape index (κ2) is 6.56. The Morgan fingerprint density at radius 1 is 1.04 bits per heavy atom.